The van der Waals surface area contributed by atoms with E-state index in [0.29, 0.717) is 13.0 Å². The van der Waals surface area contributed by atoms with Gasteiger partial charge in [0.25, 0.3) is 0 Å². The zero-order chi connectivity index (χ0) is 21.9. The molecule has 1 aromatic heterocycles. The van der Waals surface area contributed by atoms with Crippen molar-refractivity contribution in [2.24, 2.45) is 0 Å². The summed E-state index contributed by atoms with van der Waals surface area (Å²) in [7, 11) is 1.65. The maximum Gasteiger partial charge on any atom is 0.219 e. The summed E-state index contributed by atoms with van der Waals surface area (Å²) in [5.74, 6) is 2.83. The number of ether oxygens (including phenoxy) is 2. The molecule has 0 saturated heterocycles. The van der Waals surface area contributed by atoms with Gasteiger partial charge in [-0.15, -0.1) is 0 Å². The van der Waals surface area contributed by atoms with Gasteiger partial charge in [0.05, 0.1) is 24.7 Å². The Morgan fingerprint density at radius 3 is 2.74 bits per heavy atom. The van der Waals surface area contributed by atoms with Crippen molar-refractivity contribution in [2.75, 3.05) is 20.3 Å². The van der Waals surface area contributed by atoms with Gasteiger partial charge in [0.2, 0.25) is 5.91 Å². The Morgan fingerprint density at radius 2 is 1.90 bits per heavy atom. The van der Waals surface area contributed by atoms with E-state index in [4.69, 9.17) is 14.5 Å². The van der Waals surface area contributed by atoms with E-state index in [-0.39, 0.29) is 5.91 Å². The molecule has 6 heteroatoms. The molecule has 0 bridgehead atoms. The number of benzene rings is 2. The highest BCUT2D eigenvalue weighted by atomic mass is 16.5. The van der Waals surface area contributed by atoms with Gasteiger partial charge in [-0.2, -0.15) is 0 Å². The molecule has 0 radical (unpaired) electrons. The second-order valence-electron chi connectivity index (χ2n) is 7.61. The average Bonchev–Trinajstić information content (AvgIpc) is 3.14. The van der Waals surface area contributed by atoms with Gasteiger partial charge in [0.1, 0.15) is 23.9 Å². The SMILES string of the molecule is CCCC(=O)NCCCCCc1nc2ccccc2n1CCOc1cccc(OC)c1. The van der Waals surface area contributed by atoms with Crippen LogP contribution in [0.15, 0.2) is 48.5 Å². The van der Waals surface area contributed by atoms with Crippen LogP contribution in [-0.4, -0.2) is 35.7 Å². The number of unbranched alkanes of at least 4 members (excludes halogenated alkanes) is 2. The third-order valence-electron chi connectivity index (χ3n) is 5.23. The first kappa shape index (κ1) is 22.7. The molecule has 0 saturated carbocycles. The second kappa shape index (κ2) is 12.0. The lowest BCUT2D eigenvalue weighted by Gasteiger charge is -2.11. The summed E-state index contributed by atoms with van der Waals surface area (Å²) in [5.41, 5.74) is 2.16. The van der Waals surface area contributed by atoms with Gasteiger partial charge in [-0.3, -0.25) is 4.79 Å². The monoisotopic (exact) mass is 423 g/mol. The minimum absolute atomic E-state index is 0.153. The number of nitrogens with one attached hydrogen (secondary N) is 1. The molecular weight excluding hydrogens is 390 g/mol. The molecule has 31 heavy (non-hydrogen) atoms. The number of amides is 1. The summed E-state index contributed by atoms with van der Waals surface area (Å²) >= 11 is 0. The predicted octanol–water partition coefficient (Wildman–Crippen LogP) is 4.75. The fourth-order valence-corrected chi connectivity index (χ4v) is 3.64. The standard InChI is InChI=1S/C25H33N3O3/c1-3-10-25(29)26-16-8-4-5-15-24-27-22-13-6-7-14-23(22)28(24)17-18-31-21-12-9-11-20(19-21)30-2/h6-7,9,11-14,19H,3-5,8,10,15-18H2,1-2H3,(H,26,29). The van der Waals surface area contributed by atoms with Crippen LogP contribution < -0.4 is 14.8 Å². The van der Waals surface area contributed by atoms with E-state index in [0.717, 1.165) is 73.6 Å². The molecule has 0 unspecified atom stereocenters. The van der Waals surface area contributed by atoms with Crippen LogP contribution in [0.3, 0.4) is 0 Å². The Labute approximate surface area is 184 Å². The van der Waals surface area contributed by atoms with Gasteiger partial charge in [-0.25, -0.2) is 4.98 Å². The van der Waals surface area contributed by atoms with Crippen molar-refractivity contribution in [2.45, 2.75) is 52.0 Å². The number of carbonyl (C=O) groups is 1. The molecule has 0 fully saturated rings. The first-order valence-electron chi connectivity index (χ1n) is 11.2. The topological polar surface area (TPSA) is 65.4 Å². The van der Waals surface area contributed by atoms with Gasteiger partial charge >= 0.3 is 0 Å². The summed E-state index contributed by atoms with van der Waals surface area (Å²) in [5, 5.41) is 2.98. The van der Waals surface area contributed by atoms with Crippen molar-refractivity contribution in [1.29, 1.82) is 0 Å². The Balaban J connectivity index is 1.53. The minimum Gasteiger partial charge on any atom is -0.497 e. The Kier molecular flexibility index (Phi) is 8.76. The van der Waals surface area contributed by atoms with Crippen LogP contribution in [0.25, 0.3) is 11.0 Å². The third-order valence-corrected chi connectivity index (χ3v) is 5.23. The van der Waals surface area contributed by atoms with Crippen molar-refractivity contribution in [3.63, 3.8) is 0 Å². The number of hydrogen-bond acceptors (Lipinski definition) is 4. The summed E-state index contributed by atoms with van der Waals surface area (Å²) in [6, 6.07) is 15.9. The third kappa shape index (κ3) is 6.74. The highest BCUT2D eigenvalue weighted by molar-refractivity contribution is 5.76. The van der Waals surface area contributed by atoms with Gasteiger partial charge in [0, 0.05) is 25.5 Å². The molecule has 0 aliphatic heterocycles. The smallest absolute Gasteiger partial charge is 0.219 e. The summed E-state index contributed by atoms with van der Waals surface area (Å²) in [6.07, 6.45) is 5.52. The van der Waals surface area contributed by atoms with Gasteiger partial charge in [-0.05, 0) is 43.5 Å². The Bertz CT molecular complexity index is 968. The van der Waals surface area contributed by atoms with E-state index in [1.807, 2.05) is 43.3 Å². The maximum absolute atomic E-state index is 11.5. The van der Waals surface area contributed by atoms with Crippen molar-refractivity contribution in [3.8, 4) is 11.5 Å². The molecule has 1 N–H and O–H groups in total. The lowest BCUT2D eigenvalue weighted by atomic mass is 10.2. The lowest BCUT2D eigenvalue weighted by Crippen LogP contribution is -2.23. The Morgan fingerprint density at radius 1 is 1.06 bits per heavy atom. The van der Waals surface area contributed by atoms with E-state index in [9.17, 15) is 4.79 Å². The van der Waals surface area contributed by atoms with Crippen molar-refractivity contribution >= 4 is 16.9 Å². The number of carbonyl (C=O) groups excluding carboxylic acids is 1. The molecule has 0 atom stereocenters. The van der Waals surface area contributed by atoms with Crippen LogP contribution in [0.5, 0.6) is 11.5 Å². The lowest BCUT2D eigenvalue weighted by molar-refractivity contribution is -0.121. The first-order chi connectivity index (χ1) is 15.2. The molecule has 0 spiro atoms. The van der Waals surface area contributed by atoms with Crippen LogP contribution >= 0.6 is 0 Å². The molecule has 1 amide bonds. The van der Waals surface area contributed by atoms with Crippen LogP contribution in [0.4, 0.5) is 0 Å². The molecular formula is C25H33N3O3. The molecule has 3 rings (SSSR count). The van der Waals surface area contributed by atoms with Crippen LogP contribution in [0.2, 0.25) is 0 Å². The van der Waals surface area contributed by atoms with Gasteiger partial charge in [0.15, 0.2) is 0 Å². The zero-order valence-corrected chi connectivity index (χ0v) is 18.6. The number of methoxy groups -OCH3 is 1. The largest absolute Gasteiger partial charge is 0.497 e. The maximum atomic E-state index is 11.5. The fraction of sp³-hybridized carbons (Fsp3) is 0.440. The van der Waals surface area contributed by atoms with Crippen LogP contribution in [0, 0.1) is 0 Å². The average molecular weight is 424 g/mol. The molecule has 1 heterocycles. The Hall–Kier alpha value is -3.02. The quantitative estimate of drug-likeness (QED) is 0.403. The molecule has 166 valence electrons. The number of para-hydroxylation sites is 2. The van der Waals surface area contributed by atoms with Gasteiger partial charge < -0.3 is 19.4 Å². The number of fused-ring (bicyclic) bond motifs is 1. The molecule has 6 nitrogen and oxygen atoms in total. The van der Waals surface area contributed by atoms with E-state index in [1.54, 1.807) is 7.11 Å². The highest BCUT2D eigenvalue weighted by Gasteiger charge is 2.10. The van der Waals surface area contributed by atoms with Crippen molar-refractivity contribution < 1.29 is 14.3 Å². The summed E-state index contributed by atoms with van der Waals surface area (Å²) < 4.78 is 13.5. The van der Waals surface area contributed by atoms with Gasteiger partial charge in [-0.1, -0.05) is 31.5 Å². The second-order valence-corrected chi connectivity index (χ2v) is 7.61. The predicted molar refractivity (Wildman–Crippen MR) is 124 cm³/mol. The van der Waals surface area contributed by atoms with Crippen LogP contribution in [-0.2, 0) is 17.8 Å². The molecule has 0 aliphatic rings. The number of rotatable bonds is 13. The highest BCUT2D eigenvalue weighted by Crippen LogP contribution is 2.20. The van der Waals surface area contributed by atoms with Crippen molar-refractivity contribution in [1.82, 2.24) is 14.9 Å². The number of aromatic nitrogens is 2. The van der Waals surface area contributed by atoms with Crippen LogP contribution in [0.1, 0.15) is 44.9 Å². The van der Waals surface area contributed by atoms with E-state index >= 15 is 0 Å². The van der Waals surface area contributed by atoms with E-state index in [2.05, 4.69) is 22.0 Å². The zero-order valence-electron chi connectivity index (χ0n) is 18.6. The first-order valence-corrected chi connectivity index (χ1v) is 11.2. The number of aryl methyl sites for hydroxylation is 1. The normalized spacial score (nSPS) is 10.9. The van der Waals surface area contributed by atoms with Crippen molar-refractivity contribution in [3.05, 3.63) is 54.4 Å². The summed E-state index contributed by atoms with van der Waals surface area (Å²) in [6.45, 7) is 4.07. The molecule has 2 aromatic carbocycles. The number of imidazole rings is 1. The number of hydrogen-bond donors (Lipinski definition) is 1. The molecule has 0 aliphatic carbocycles. The summed E-state index contributed by atoms with van der Waals surface area (Å²) in [4.78, 5) is 16.4. The minimum atomic E-state index is 0.153. The van der Waals surface area contributed by atoms with E-state index in [1.165, 1.54) is 0 Å². The van der Waals surface area contributed by atoms with E-state index < -0.39 is 0 Å². The number of nitrogens with zero attached hydrogens (tertiary/aromatic N) is 2. The fourth-order valence-electron chi connectivity index (χ4n) is 3.64. The molecule has 3 aromatic rings.